The minimum Gasteiger partial charge on any atom is -0.456 e. The molecule has 0 radical (unpaired) electrons. The van der Waals surface area contributed by atoms with Crippen LogP contribution in [0, 0.1) is 0 Å². The van der Waals surface area contributed by atoms with Gasteiger partial charge in [-0.3, -0.25) is 14.5 Å². The molecule has 1 saturated heterocycles. The molecule has 1 aliphatic rings. The van der Waals surface area contributed by atoms with Crippen LogP contribution in [0.15, 0.2) is 34.7 Å². The first-order valence-corrected chi connectivity index (χ1v) is 10.6. The number of ether oxygens (including phenoxy) is 1. The first-order chi connectivity index (χ1) is 14.4. The number of carbonyl (C=O) groups is 2. The number of benzene rings is 1. The number of aryl methyl sites for hydroxylation is 1. The zero-order chi connectivity index (χ0) is 21.5. The van der Waals surface area contributed by atoms with E-state index < -0.39 is 0 Å². The van der Waals surface area contributed by atoms with Gasteiger partial charge in [-0.25, -0.2) is 0 Å². The number of hydrogen-bond donors (Lipinski definition) is 2. The lowest BCUT2D eigenvalue weighted by molar-refractivity contribution is -0.122. The lowest BCUT2D eigenvalue weighted by Gasteiger charge is -2.33. The van der Waals surface area contributed by atoms with E-state index in [1.807, 2.05) is 12.1 Å². The molecule has 1 atom stereocenters. The molecule has 1 aromatic heterocycles. The molecule has 0 aliphatic carbocycles. The van der Waals surface area contributed by atoms with Crippen molar-refractivity contribution in [3.63, 3.8) is 0 Å². The van der Waals surface area contributed by atoms with E-state index >= 15 is 0 Å². The molecule has 2 aromatic rings. The van der Waals surface area contributed by atoms with Gasteiger partial charge in [0.2, 0.25) is 5.91 Å². The third-order valence-corrected chi connectivity index (χ3v) is 5.59. The highest BCUT2D eigenvalue weighted by Gasteiger charge is 2.21. The Kier molecular flexibility index (Phi) is 8.16. The maximum absolute atomic E-state index is 12.2. The van der Waals surface area contributed by atoms with Gasteiger partial charge in [0, 0.05) is 46.1 Å². The van der Waals surface area contributed by atoms with Gasteiger partial charge in [-0.15, -0.1) is 0 Å². The minimum atomic E-state index is -0.287. The Morgan fingerprint density at radius 1 is 1.20 bits per heavy atom. The lowest BCUT2D eigenvalue weighted by atomic mass is 10.2. The number of rotatable bonds is 8. The Morgan fingerprint density at radius 3 is 2.80 bits per heavy atom. The van der Waals surface area contributed by atoms with Crippen LogP contribution in [-0.2, 0) is 22.5 Å². The monoisotopic (exact) mass is 453 g/mol. The molecular formula is C21H25Cl2N3O4. The zero-order valence-corrected chi connectivity index (χ0v) is 18.3. The summed E-state index contributed by atoms with van der Waals surface area (Å²) in [5.74, 6) is 0.472. The maximum atomic E-state index is 12.2. The Labute approximate surface area is 185 Å². The largest absolute Gasteiger partial charge is 0.456 e. The standard InChI is InChI=1S/C21H25Cl2N3O4/c1-24-21(28)19-6-3-15(30-19)4-7-20(27)25-11-16-13-26(8-9-29-16)12-14-2-5-17(22)18(23)10-14/h2-3,5-6,10,16H,4,7-9,11-13H2,1H3,(H,24,28)(H,25,27)/t16-/m0/s1. The molecule has 0 saturated carbocycles. The van der Waals surface area contributed by atoms with Gasteiger partial charge in [-0.2, -0.15) is 0 Å². The Bertz CT molecular complexity index is 887. The predicted molar refractivity (Wildman–Crippen MR) is 115 cm³/mol. The molecule has 1 aliphatic heterocycles. The summed E-state index contributed by atoms with van der Waals surface area (Å²) in [7, 11) is 1.54. The molecular weight excluding hydrogens is 429 g/mol. The summed E-state index contributed by atoms with van der Waals surface area (Å²) in [5.41, 5.74) is 1.09. The zero-order valence-electron chi connectivity index (χ0n) is 16.7. The van der Waals surface area contributed by atoms with E-state index in [1.54, 1.807) is 18.2 Å². The van der Waals surface area contributed by atoms with Crippen LogP contribution in [0.25, 0.3) is 0 Å². The van der Waals surface area contributed by atoms with Gasteiger partial charge in [-0.05, 0) is 29.8 Å². The fourth-order valence-corrected chi connectivity index (χ4v) is 3.57. The van der Waals surface area contributed by atoms with Gasteiger partial charge < -0.3 is 19.8 Å². The first kappa shape index (κ1) is 22.6. The van der Waals surface area contributed by atoms with Crippen LogP contribution in [0.4, 0.5) is 0 Å². The van der Waals surface area contributed by atoms with Gasteiger partial charge in [0.25, 0.3) is 5.91 Å². The van der Waals surface area contributed by atoms with Gasteiger partial charge in [0.05, 0.1) is 22.8 Å². The lowest BCUT2D eigenvalue weighted by Crippen LogP contribution is -2.47. The second-order valence-electron chi connectivity index (χ2n) is 7.13. The minimum absolute atomic E-state index is 0.0751. The second kappa shape index (κ2) is 10.8. The number of furan rings is 1. The summed E-state index contributed by atoms with van der Waals surface area (Å²) in [6, 6.07) is 8.95. The van der Waals surface area contributed by atoms with E-state index in [0.29, 0.717) is 41.9 Å². The highest BCUT2D eigenvalue weighted by atomic mass is 35.5. The van der Waals surface area contributed by atoms with Crippen LogP contribution >= 0.6 is 23.2 Å². The smallest absolute Gasteiger partial charge is 0.286 e. The fourth-order valence-electron chi connectivity index (χ4n) is 3.25. The fraction of sp³-hybridized carbons (Fsp3) is 0.429. The number of amides is 2. The van der Waals surface area contributed by atoms with E-state index in [4.69, 9.17) is 32.4 Å². The number of halogens is 2. The molecule has 7 nitrogen and oxygen atoms in total. The molecule has 2 N–H and O–H groups in total. The molecule has 30 heavy (non-hydrogen) atoms. The van der Waals surface area contributed by atoms with Crippen molar-refractivity contribution in [2.75, 3.05) is 33.3 Å². The van der Waals surface area contributed by atoms with Crippen LogP contribution in [0.2, 0.25) is 10.0 Å². The molecule has 0 bridgehead atoms. The molecule has 162 valence electrons. The van der Waals surface area contributed by atoms with Crippen LogP contribution in [0.5, 0.6) is 0 Å². The number of carbonyl (C=O) groups excluding carboxylic acids is 2. The summed E-state index contributed by atoms with van der Waals surface area (Å²) in [6.45, 7) is 3.33. The van der Waals surface area contributed by atoms with Crippen molar-refractivity contribution in [1.29, 1.82) is 0 Å². The van der Waals surface area contributed by atoms with Crippen molar-refractivity contribution in [2.45, 2.75) is 25.5 Å². The van der Waals surface area contributed by atoms with Gasteiger partial charge in [-0.1, -0.05) is 29.3 Å². The van der Waals surface area contributed by atoms with Crippen molar-refractivity contribution in [2.24, 2.45) is 0 Å². The third kappa shape index (κ3) is 6.47. The average Bonchev–Trinajstić information content (AvgIpc) is 3.22. The van der Waals surface area contributed by atoms with E-state index in [0.717, 1.165) is 18.7 Å². The van der Waals surface area contributed by atoms with Crippen molar-refractivity contribution < 1.29 is 18.7 Å². The summed E-state index contributed by atoms with van der Waals surface area (Å²) in [5, 5.41) is 6.50. The second-order valence-corrected chi connectivity index (χ2v) is 7.94. The van der Waals surface area contributed by atoms with Crippen molar-refractivity contribution in [3.05, 3.63) is 57.5 Å². The van der Waals surface area contributed by atoms with Crippen molar-refractivity contribution in [1.82, 2.24) is 15.5 Å². The molecule has 3 rings (SSSR count). The van der Waals surface area contributed by atoms with Crippen LogP contribution < -0.4 is 10.6 Å². The molecule has 9 heteroatoms. The number of hydrogen-bond acceptors (Lipinski definition) is 5. The van der Waals surface area contributed by atoms with Gasteiger partial charge in [0.15, 0.2) is 5.76 Å². The summed E-state index contributed by atoms with van der Waals surface area (Å²) < 4.78 is 11.2. The third-order valence-electron chi connectivity index (χ3n) is 4.85. The van der Waals surface area contributed by atoms with E-state index in [2.05, 4.69) is 15.5 Å². The van der Waals surface area contributed by atoms with Crippen LogP contribution in [0.1, 0.15) is 28.3 Å². The van der Waals surface area contributed by atoms with Crippen LogP contribution in [-0.4, -0.2) is 56.1 Å². The molecule has 0 spiro atoms. The first-order valence-electron chi connectivity index (χ1n) is 9.80. The van der Waals surface area contributed by atoms with Crippen molar-refractivity contribution >= 4 is 35.0 Å². The van der Waals surface area contributed by atoms with E-state index in [-0.39, 0.29) is 30.1 Å². The average molecular weight is 454 g/mol. The number of morpholine rings is 1. The normalized spacial score (nSPS) is 17.0. The molecule has 2 heterocycles. The number of nitrogens with one attached hydrogen (secondary N) is 2. The Balaban J connectivity index is 1.40. The highest BCUT2D eigenvalue weighted by Crippen LogP contribution is 2.23. The SMILES string of the molecule is CNC(=O)c1ccc(CCC(=O)NC[C@H]2CN(Cc3ccc(Cl)c(Cl)c3)CCO2)o1. The Hall–Kier alpha value is -2.06. The van der Waals surface area contributed by atoms with Crippen LogP contribution in [0.3, 0.4) is 0 Å². The molecule has 1 aromatic carbocycles. The van der Waals surface area contributed by atoms with Gasteiger partial charge >= 0.3 is 0 Å². The molecule has 1 fully saturated rings. The van der Waals surface area contributed by atoms with Gasteiger partial charge in [0.1, 0.15) is 5.76 Å². The topological polar surface area (TPSA) is 83.8 Å². The Morgan fingerprint density at radius 2 is 2.03 bits per heavy atom. The summed E-state index contributed by atoms with van der Waals surface area (Å²) >= 11 is 12.1. The molecule has 0 unspecified atom stereocenters. The van der Waals surface area contributed by atoms with E-state index in [9.17, 15) is 9.59 Å². The number of nitrogens with zero attached hydrogens (tertiary/aromatic N) is 1. The summed E-state index contributed by atoms with van der Waals surface area (Å²) in [6.07, 6.45) is 0.631. The summed E-state index contributed by atoms with van der Waals surface area (Å²) in [4.78, 5) is 25.9. The van der Waals surface area contributed by atoms with Crippen molar-refractivity contribution in [3.8, 4) is 0 Å². The maximum Gasteiger partial charge on any atom is 0.286 e. The predicted octanol–water partition coefficient (Wildman–Crippen LogP) is 2.90. The van der Waals surface area contributed by atoms with E-state index in [1.165, 1.54) is 7.05 Å². The quantitative estimate of drug-likeness (QED) is 0.641. The molecule has 2 amide bonds. The highest BCUT2D eigenvalue weighted by molar-refractivity contribution is 6.42.